The van der Waals surface area contributed by atoms with Crippen LogP contribution in [0.1, 0.15) is 0 Å². The summed E-state index contributed by atoms with van der Waals surface area (Å²) in [6.45, 7) is 0. The maximum absolute atomic E-state index is 8.23. The van der Waals surface area contributed by atoms with Gasteiger partial charge in [0.05, 0.1) is 0 Å². The second-order valence-electron chi connectivity index (χ2n) is 5.03. The molecule has 0 saturated carbocycles. The van der Waals surface area contributed by atoms with Gasteiger partial charge in [0.15, 0.2) is 0 Å². The quantitative estimate of drug-likeness (QED) is 0.181. The third kappa shape index (κ3) is 13.3. The summed E-state index contributed by atoms with van der Waals surface area (Å²) in [5, 5.41) is 6.09. The van der Waals surface area contributed by atoms with Crippen molar-refractivity contribution in [2.45, 2.75) is 0 Å². The molecule has 0 atom stereocenters. The third-order valence-electron chi connectivity index (χ3n) is 3.88. The van der Waals surface area contributed by atoms with Crippen LogP contribution in [0.15, 0.2) is 60.7 Å². The Balaban J connectivity index is -0.000000106. The van der Waals surface area contributed by atoms with Crippen LogP contribution in [0.2, 0.25) is 0 Å². The van der Waals surface area contributed by atoms with Crippen LogP contribution in [-0.2, 0) is 327 Å². The second-order valence-corrected chi connectivity index (χ2v) is 5.03. The summed E-state index contributed by atoms with van der Waals surface area (Å²) in [5.74, 6) is 0. The predicted octanol–water partition coefficient (Wildman–Crippen LogP) is 6.49. The molecule has 30 heavy (non-hydrogen) atoms. The van der Waals surface area contributed by atoms with Gasteiger partial charge in [0.25, 0.3) is 0 Å². The average Bonchev–Trinajstić information content (AvgIpc) is 2.49. The smallest absolute Gasteiger partial charge is 0 e. The fourth-order valence-electron chi connectivity index (χ4n) is 2.95. The summed E-state index contributed by atoms with van der Waals surface area (Å²) in [6, 6.07) is 19.7. The molecule has 10 radical (unpaired) electrons. The van der Waals surface area contributed by atoms with E-state index in [1.54, 1.807) is 0 Å². The molecule has 0 aliphatic heterocycles. The molecule has 0 saturated heterocycles. The number of fused-ring (bicyclic) bond motifs is 5. The van der Waals surface area contributed by atoms with Gasteiger partial charge in [-0.05, 0) is 32.3 Å². The first-order chi connectivity index (χ1) is 9.75. The van der Waals surface area contributed by atoms with Crippen LogP contribution >= 0.6 is 0 Å². The number of hydrogen-bond acceptors (Lipinski definition) is 0. The van der Waals surface area contributed by atoms with Gasteiger partial charge in [0.2, 0.25) is 0 Å². The summed E-state index contributed by atoms with van der Waals surface area (Å²) in [4.78, 5) is 0. The molecule has 2 N–H and O–H groups in total. The van der Waals surface area contributed by atoms with E-state index in [1.807, 2.05) is 60.7 Å². The molecule has 0 fully saturated rings. The first-order valence-corrected chi connectivity index (χ1v) is 6.56. The zero-order valence-electron chi connectivity index (χ0n) is 16.5. The van der Waals surface area contributed by atoms with Crippen LogP contribution in [0.25, 0.3) is 43.8 Å². The van der Waals surface area contributed by atoms with Gasteiger partial charge in [-0.15, -0.1) is 11.4 Å². The van der Waals surface area contributed by atoms with E-state index in [0.717, 1.165) is 32.3 Å². The van der Waals surface area contributed by atoms with Crippen molar-refractivity contribution in [1.82, 2.24) is 0 Å². The van der Waals surface area contributed by atoms with E-state index >= 15 is 0 Å². The summed E-state index contributed by atoms with van der Waals surface area (Å²) < 4.78 is 0. The molecular formula is C18H12N2Y10-2. The fraction of sp³-hybridized carbons (Fsp3) is 0. The van der Waals surface area contributed by atoms with E-state index < -0.39 is 0 Å². The van der Waals surface area contributed by atoms with Gasteiger partial charge in [-0.3, -0.25) is 0 Å². The molecule has 4 aromatic rings. The van der Waals surface area contributed by atoms with Crippen LogP contribution in [0.3, 0.4) is 0 Å². The van der Waals surface area contributed by atoms with Crippen molar-refractivity contribution in [3.63, 3.8) is 0 Å². The Morgan fingerprint density at radius 3 is 0.833 bits per heavy atom. The monoisotopic (exact) mass is 1150 g/mol. The van der Waals surface area contributed by atoms with Crippen LogP contribution < -0.4 is 0 Å². The van der Waals surface area contributed by atoms with E-state index in [1.165, 1.54) is 0 Å². The van der Waals surface area contributed by atoms with Crippen LogP contribution in [0, 0.1) is 0 Å². The van der Waals surface area contributed by atoms with Crippen LogP contribution in [0.4, 0.5) is 11.4 Å². The van der Waals surface area contributed by atoms with E-state index in [-0.39, 0.29) is 327 Å². The molecule has 4 aromatic carbocycles. The second kappa shape index (κ2) is 27.5. The van der Waals surface area contributed by atoms with Crippen molar-refractivity contribution in [1.29, 1.82) is 0 Å². The van der Waals surface area contributed by atoms with Crippen molar-refractivity contribution in [2.75, 3.05) is 0 Å². The van der Waals surface area contributed by atoms with E-state index in [4.69, 9.17) is 11.5 Å². The van der Waals surface area contributed by atoms with E-state index in [9.17, 15) is 0 Å². The first-order valence-electron chi connectivity index (χ1n) is 6.56. The number of hydrogen-bond donors (Lipinski definition) is 0. The molecule has 0 bridgehead atoms. The van der Waals surface area contributed by atoms with Gasteiger partial charge >= 0.3 is 0 Å². The number of rotatable bonds is 0. The van der Waals surface area contributed by atoms with Crippen molar-refractivity contribution in [2.24, 2.45) is 0 Å². The molecule has 126 valence electrons. The summed E-state index contributed by atoms with van der Waals surface area (Å²) in [7, 11) is 0. The normalized spacial score (nSPS) is 7.60. The Bertz CT molecular complexity index is 917. The van der Waals surface area contributed by atoms with E-state index in [2.05, 4.69) is 0 Å². The van der Waals surface area contributed by atoms with Crippen molar-refractivity contribution in [3.05, 3.63) is 72.1 Å². The Labute approximate surface area is 430 Å². The minimum Gasteiger partial charge on any atom is -0.698 e. The van der Waals surface area contributed by atoms with Gasteiger partial charge in [0.1, 0.15) is 0 Å². The van der Waals surface area contributed by atoms with Crippen LogP contribution in [-0.4, -0.2) is 0 Å². The molecule has 0 aliphatic carbocycles. The zero-order valence-corrected chi connectivity index (χ0v) is 44.9. The van der Waals surface area contributed by atoms with Gasteiger partial charge in [-0.1, -0.05) is 60.7 Å². The third-order valence-corrected chi connectivity index (χ3v) is 3.88. The molecular weight excluding hydrogens is 1130 g/mol. The van der Waals surface area contributed by atoms with Crippen LogP contribution in [0.5, 0.6) is 0 Å². The Morgan fingerprint density at radius 1 is 0.333 bits per heavy atom. The molecule has 0 amide bonds. The molecule has 0 aromatic heterocycles. The summed E-state index contributed by atoms with van der Waals surface area (Å²) in [5.41, 5.74) is 17.5. The Hall–Kier alpha value is 8.30. The largest absolute Gasteiger partial charge is 0.698 e. The molecule has 0 aliphatic rings. The molecule has 12 heteroatoms. The topological polar surface area (TPSA) is 47.6 Å². The first kappa shape index (κ1) is 54.4. The molecule has 2 nitrogen and oxygen atoms in total. The van der Waals surface area contributed by atoms with Crippen molar-refractivity contribution >= 4 is 43.7 Å². The maximum Gasteiger partial charge on any atom is 0 e. The Morgan fingerprint density at radius 2 is 0.567 bits per heavy atom. The number of benzene rings is 4. The SMILES string of the molecule is [NH-]c1cc2c3ccccc3c([NH-])cc2c2ccccc12.[Y].[Y].[Y].[Y].[Y].[Y].[Y].[Y].[Y].[Y]. The Kier molecular flexibility index (Phi) is 49.8. The van der Waals surface area contributed by atoms with Gasteiger partial charge in [-0.25, -0.2) is 0 Å². The molecule has 4 rings (SSSR count). The van der Waals surface area contributed by atoms with Gasteiger partial charge in [0, 0.05) is 327 Å². The van der Waals surface area contributed by atoms with E-state index in [0.29, 0.717) is 11.4 Å². The van der Waals surface area contributed by atoms with Gasteiger partial charge in [-0.2, -0.15) is 0 Å². The van der Waals surface area contributed by atoms with Crippen molar-refractivity contribution < 1.29 is 327 Å². The zero-order chi connectivity index (χ0) is 13.7. The standard InChI is InChI=1S/C18H12N2.10Y/c19-17-10-16-12-6-2-4-8-14(12)18(20)9-15(16)11-5-1-3-7-13(11)17;;;;;;;;;;/h1-10,19-20H;;;;;;;;;;/q-2;;;;;;;;;;. The molecule has 0 unspecified atom stereocenters. The number of nitrogens with one attached hydrogen (secondary N) is 2. The summed E-state index contributed by atoms with van der Waals surface area (Å²) >= 11 is 0. The average molecular weight is 1150 g/mol. The van der Waals surface area contributed by atoms with Gasteiger partial charge < -0.3 is 11.5 Å². The minimum absolute atomic E-state index is 0. The molecule has 0 spiro atoms. The minimum atomic E-state index is 0. The fourth-order valence-corrected chi connectivity index (χ4v) is 2.95. The predicted molar refractivity (Wildman–Crippen MR) is 86.9 cm³/mol. The maximum atomic E-state index is 8.23. The summed E-state index contributed by atoms with van der Waals surface area (Å²) in [6.07, 6.45) is 0. The van der Waals surface area contributed by atoms with Crippen molar-refractivity contribution in [3.8, 4) is 0 Å². The molecule has 0 heterocycles.